The van der Waals surface area contributed by atoms with E-state index in [9.17, 15) is 4.79 Å². The average Bonchev–Trinajstić information content (AvgIpc) is 2.82. The molecule has 0 aromatic heterocycles. The zero-order chi connectivity index (χ0) is 24.5. The van der Waals surface area contributed by atoms with Crippen molar-refractivity contribution in [3.63, 3.8) is 0 Å². The number of ether oxygens (including phenoxy) is 2. The third-order valence-electron chi connectivity index (χ3n) is 5.32. The average molecular weight is 454 g/mol. The Labute approximate surface area is 202 Å². The van der Waals surface area contributed by atoms with Gasteiger partial charge in [-0.2, -0.15) is 0 Å². The van der Waals surface area contributed by atoms with Crippen molar-refractivity contribution in [2.24, 2.45) is 0 Å². The number of hydrogen-bond donors (Lipinski definition) is 2. The van der Waals surface area contributed by atoms with Gasteiger partial charge in [0.2, 0.25) is 5.91 Å². The summed E-state index contributed by atoms with van der Waals surface area (Å²) in [7, 11) is 3.71. The van der Waals surface area contributed by atoms with E-state index in [0.717, 1.165) is 22.4 Å². The van der Waals surface area contributed by atoms with Crippen LogP contribution in [0.4, 0.5) is 11.4 Å². The van der Waals surface area contributed by atoms with E-state index >= 15 is 0 Å². The van der Waals surface area contributed by atoms with Gasteiger partial charge in [0.25, 0.3) is 0 Å². The van der Waals surface area contributed by atoms with Crippen molar-refractivity contribution in [1.29, 1.82) is 0 Å². The van der Waals surface area contributed by atoms with Crippen LogP contribution in [0.15, 0.2) is 78.4 Å². The number of para-hydroxylation sites is 2. The van der Waals surface area contributed by atoms with Gasteiger partial charge in [0.15, 0.2) is 0 Å². The predicted octanol–water partition coefficient (Wildman–Crippen LogP) is 4.28. The van der Waals surface area contributed by atoms with Crippen LogP contribution in [0.1, 0.15) is 30.5 Å². The molecule has 0 fully saturated rings. The quantitative estimate of drug-likeness (QED) is 0.219. The molecule has 0 spiro atoms. The number of allylic oxidation sites excluding steroid dienone is 2. The molecular weight excluding hydrogens is 423 g/mol. The van der Waals surface area contributed by atoms with Crippen molar-refractivity contribution in [2.75, 3.05) is 18.2 Å². The van der Waals surface area contributed by atoms with Gasteiger partial charge in [-0.1, -0.05) is 53.5 Å². The number of nitrogen functional groups attached to an aromatic ring is 1. The van der Waals surface area contributed by atoms with Gasteiger partial charge in [-0.15, -0.1) is 0 Å². The monoisotopic (exact) mass is 454 g/mol. The molecule has 3 aromatic carbocycles. The molecule has 0 saturated carbocycles. The molecule has 5 nitrogen and oxygen atoms in total. The molecule has 0 aliphatic rings. The maximum Gasteiger partial charge on any atom is 0.248 e. The second kappa shape index (κ2) is 11.8. The van der Waals surface area contributed by atoms with E-state index in [1.807, 2.05) is 24.3 Å². The lowest BCUT2D eigenvalue weighted by Gasteiger charge is -2.17. The van der Waals surface area contributed by atoms with Crippen molar-refractivity contribution in [2.45, 2.75) is 26.9 Å². The Balaban J connectivity index is 1.92. The number of amides is 1. The summed E-state index contributed by atoms with van der Waals surface area (Å²) in [6, 6.07) is 19.2. The molecule has 0 unspecified atom stereocenters. The molecule has 0 radical (unpaired) electrons. The van der Waals surface area contributed by atoms with E-state index in [1.165, 1.54) is 17.1 Å². The number of carbonyl (C=O) groups excluding carboxylic acids is 1. The SMILES string of the molecule is Bc1ccc(COc2c(/C=C/C(=O)Nc3ccccc3N)ccc(OC)c2CC=C(C)C)cc1. The van der Waals surface area contributed by atoms with Crippen molar-refractivity contribution in [3.05, 3.63) is 95.1 Å². The Morgan fingerprint density at radius 1 is 1.06 bits per heavy atom. The zero-order valence-corrected chi connectivity index (χ0v) is 20.2. The van der Waals surface area contributed by atoms with Gasteiger partial charge in [0.05, 0.1) is 18.5 Å². The van der Waals surface area contributed by atoms with Crippen LogP contribution in [0.3, 0.4) is 0 Å². The first-order valence-corrected chi connectivity index (χ1v) is 11.2. The second-order valence-electron chi connectivity index (χ2n) is 8.33. The summed E-state index contributed by atoms with van der Waals surface area (Å²) in [6.07, 6.45) is 6.03. The number of carbonyl (C=O) groups is 1. The molecule has 174 valence electrons. The highest BCUT2D eigenvalue weighted by Gasteiger charge is 2.15. The fourth-order valence-corrected chi connectivity index (χ4v) is 3.41. The molecule has 0 aliphatic heterocycles. The van der Waals surface area contributed by atoms with E-state index in [1.54, 1.807) is 25.3 Å². The van der Waals surface area contributed by atoms with Gasteiger partial charge in [-0.3, -0.25) is 4.79 Å². The highest BCUT2D eigenvalue weighted by atomic mass is 16.5. The minimum atomic E-state index is -0.274. The van der Waals surface area contributed by atoms with Crippen molar-refractivity contribution >= 4 is 36.7 Å². The molecule has 34 heavy (non-hydrogen) atoms. The third-order valence-corrected chi connectivity index (χ3v) is 5.32. The van der Waals surface area contributed by atoms with Gasteiger partial charge in [0.1, 0.15) is 26.0 Å². The molecular formula is C28H31BN2O3. The maximum atomic E-state index is 12.6. The van der Waals surface area contributed by atoms with Crippen LogP contribution >= 0.6 is 0 Å². The molecule has 6 heteroatoms. The molecule has 0 bridgehead atoms. The number of benzene rings is 3. The van der Waals surface area contributed by atoms with Gasteiger partial charge < -0.3 is 20.5 Å². The van der Waals surface area contributed by atoms with Crippen molar-refractivity contribution in [3.8, 4) is 11.5 Å². The summed E-state index contributed by atoms with van der Waals surface area (Å²) in [6.45, 7) is 4.52. The van der Waals surface area contributed by atoms with E-state index in [0.29, 0.717) is 30.2 Å². The topological polar surface area (TPSA) is 73.6 Å². The molecule has 0 aliphatic carbocycles. The molecule has 0 heterocycles. The normalized spacial score (nSPS) is 10.7. The molecule has 1 amide bonds. The fourth-order valence-electron chi connectivity index (χ4n) is 3.41. The van der Waals surface area contributed by atoms with Crippen LogP contribution in [0.5, 0.6) is 11.5 Å². The molecule has 0 saturated heterocycles. The molecule has 3 N–H and O–H groups in total. The van der Waals surface area contributed by atoms with Crippen LogP contribution in [0.2, 0.25) is 0 Å². The molecule has 3 rings (SSSR count). The number of methoxy groups -OCH3 is 1. The summed E-state index contributed by atoms with van der Waals surface area (Å²) < 4.78 is 12.0. The lowest BCUT2D eigenvalue weighted by atomic mass is 9.95. The minimum Gasteiger partial charge on any atom is -0.496 e. The molecule has 3 aromatic rings. The largest absolute Gasteiger partial charge is 0.496 e. The van der Waals surface area contributed by atoms with E-state index < -0.39 is 0 Å². The standard InChI is InChI=1S/C28H31BN2O3/c1-19(2)8-15-23-26(33-3)16-11-21(28(23)34-18-20-9-13-22(29)14-10-20)12-17-27(32)31-25-7-5-4-6-24(25)30/h4-14,16-17H,15,18,29-30H2,1-3H3,(H,31,32)/b17-12+. The van der Waals surface area contributed by atoms with Crippen molar-refractivity contribution in [1.82, 2.24) is 0 Å². The Morgan fingerprint density at radius 2 is 1.79 bits per heavy atom. The number of nitrogens with two attached hydrogens (primary N) is 1. The number of anilines is 2. The highest BCUT2D eigenvalue weighted by Crippen LogP contribution is 2.35. The lowest BCUT2D eigenvalue weighted by Crippen LogP contribution is -2.09. The first-order chi connectivity index (χ1) is 16.4. The summed E-state index contributed by atoms with van der Waals surface area (Å²) in [5.41, 5.74) is 12.2. The summed E-state index contributed by atoms with van der Waals surface area (Å²) >= 11 is 0. The highest BCUT2D eigenvalue weighted by molar-refractivity contribution is 6.32. The number of rotatable bonds is 9. The minimum absolute atomic E-state index is 0.274. The van der Waals surface area contributed by atoms with E-state index in [4.69, 9.17) is 15.2 Å². The Hall–Kier alpha value is -3.93. The summed E-state index contributed by atoms with van der Waals surface area (Å²) in [5, 5.41) is 2.81. The third kappa shape index (κ3) is 6.78. The lowest BCUT2D eigenvalue weighted by molar-refractivity contribution is -0.111. The van der Waals surface area contributed by atoms with E-state index in [-0.39, 0.29) is 5.91 Å². The first-order valence-electron chi connectivity index (χ1n) is 11.2. The van der Waals surface area contributed by atoms with Gasteiger partial charge >= 0.3 is 0 Å². The number of hydrogen-bond acceptors (Lipinski definition) is 4. The smallest absolute Gasteiger partial charge is 0.248 e. The maximum absolute atomic E-state index is 12.6. The first kappa shape index (κ1) is 24.7. The van der Waals surface area contributed by atoms with Gasteiger partial charge in [0, 0.05) is 17.2 Å². The summed E-state index contributed by atoms with van der Waals surface area (Å²) in [4.78, 5) is 12.6. The van der Waals surface area contributed by atoms with Crippen LogP contribution in [-0.4, -0.2) is 20.9 Å². The Bertz CT molecular complexity index is 1200. The van der Waals surface area contributed by atoms with Crippen molar-refractivity contribution < 1.29 is 14.3 Å². The zero-order valence-electron chi connectivity index (χ0n) is 20.2. The predicted molar refractivity (Wildman–Crippen MR) is 144 cm³/mol. The second-order valence-corrected chi connectivity index (χ2v) is 8.33. The Kier molecular flexibility index (Phi) is 8.57. The van der Waals surface area contributed by atoms with Gasteiger partial charge in [-0.05, 0) is 56.2 Å². The van der Waals surface area contributed by atoms with E-state index in [2.05, 4.69) is 57.4 Å². The fraction of sp³-hybridized carbons (Fsp3) is 0.179. The van der Waals surface area contributed by atoms with Crippen LogP contribution < -0.4 is 26.0 Å². The number of nitrogens with one attached hydrogen (secondary N) is 1. The molecule has 0 atom stereocenters. The Morgan fingerprint density at radius 3 is 2.47 bits per heavy atom. The van der Waals surface area contributed by atoms with Gasteiger partial charge in [-0.25, -0.2) is 0 Å². The summed E-state index contributed by atoms with van der Waals surface area (Å²) in [5.74, 6) is 1.17. The van der Waals surface area contributed by atoms with Crippen LogP contribution in [0.25, 0.3) is 6.08 Å². The van der Waals surface area contributed by atoms with Crippen LogP contribution in [0, 0.1) is 0 Å². The van der Waals surface area contributed by atoms with Crippen LogP contribution in [-0.2, 0) is 17.8 Å².